The van der Waals surface area contributed by atoms with E-state index in [-0.39, 0.29) is 18.3 Å². The Hall–Kier alpha value is -1.79. The van der Waals surface area contributed by atoms with Crippen molar-refractivity contribution in [2.24, 2.45) is 0 Å². The van der Waals surface area contributed by atoms with Crippen LogP contribution in [0, 0.1) is 0 Å². The van der Waals surface area contributed by atoms with Crippen LogP contribution in [0.1, 0.15) is 42.4 Å². The molecule has 7 heteroatoms. The Balaban J connectivity index is 2.21. The highest BCUT2D eigenvalue weighted by atomic mass is 79.9. The van der Waals surface area contributed by atoms with Crippen molar-refractivity contribution >= 4 is 39.4 Å². The molecule has 1 amide bonds. The van der Waals surface area contributed by atoms with Crippen molar-refractivity contribution in [2.75, 3.05) is 0 Å². The van der Waals surface area contributed by atoms with E-state index in [1.807, 2.05) is 0 Å². The van der Waals surface area contributed by atoms with Crippen LogP contribution in [0.15, 0.2) is 45.5 Å². The van der Waals surface area contributed by atoms with E-state index in [4.69, 9.17) is 20.8 Å². The van der Waals surface area contributed by atoms with Crippen molar-refractivity contribution in [1.29, 1.82) is 0 Å². The third kappa shape index (κ3) is 5.11. The van der Waals surface area contributed by atoms with Crippen molar-refractivity contribution in [2.45, 2.75) is 32.4 Å². The van der Waals surface area contributed by atoms with Crippen LogP contribution in [0.2, 0.25) is 5.02 Å². The second kappa shape index (κ2) is 8.35. The predicted molar refractivity (Wildman–Crippen MR) is 93.9 cm³/mol. The summed E-state index contributed by atoms with van der Waals surface area (Å²) in [6.45, 7) is 3.53. The third-order valence-corrected chi connectivity index (χ3v) is 3.89. The van der Waals surface area contributed by atoms with Gasteiger partial charge in [0.05, 0.1) is 18.6 Å². The van der Waals surface area contributed by atoms with Gasteiger partial charge in [-0.15, -0.1) is 0 Å². The van der Waals surface area contributed by atoms with Crippen LogP contribution in [-0.4, -0.2) is 18.0 Å². The van der Waals surface area contributed by atoms with Gasteiger partial charge in [-0.25, -0.2) is 0 Å². The third-order valence-electron chi connectivity index (χ3n) is 3.12. The lowest BCUT2D eigenvalue weighted by atomic mass is 10.0. The molecule has 0 bridgehead atoms. The van der Waals surface area contributed by atoms with E-state index >= 15 is 0 Å². The molecule has 1 atom stereocenters. The summed E-state index contributed by atoms with van der Waals surface area (Å²) < 4.78 is 10.9. The zero-order chi connectivity index (χ0) is 17.7. The molecule has 24 heavy (non-hydrogen) atoms. The summed E-state index contributed by atoms with van der Waals surface area (Å²) in [4.78, 5) is 24.4. The number of carbonyl (C=O) groups is 2. The van der Waals surface area contributed by atoms with E-state index in [2.05, 4.69) is 21.2 Å². The molecule has 0 radical (unpaired) electrons. The quantitative estimate of drug-likeness (QED) is 0.706. The van der Waals surface area contributed by atoms with Gasteiger partial charge in [-0.05, 0) is 53.5 Å². The standard InChI is InChI=1S/C17H17BrClNO4/c1-10(2)23-16(21)9-13(11-5-3-4-6-12(11)19)20-17(22)14-7-8-15(18)24-14/h3-8,10,13H,9H2,1-2H3,(H,20,22)/t13-/m0/s1. The van der Waals surface area contributed by atoms with Crippen LogP contribution in [0.4, 0.5) is 0 Å². The second-order valence-corrected chi connectivity index (χ2v) is 6.58. The number of furan rings is 1. The largest absolute Gasteiger partial charge is 0.463 e. The fourth-order valence-corrected chi connectivity index (χ4v) is 2.71. The zero-order valence-corrected chi connectivity index (χ0v) is 15.6. The molecule has 0 aliphatic heterocycles. The number of halogens is 2. The van der Waals surface area contributed by atoms with Crippen molar-refractivity contribution in [1.82, 2.24) is 5.32 Å². The molecular weight excluding hydrogens is 398 g/mol. The van der Waals surface area contributed by atoms with E-state index in [1.165, 1.54) is 6.07 Å². The fraction of sp³-hybridized carbons (Fsp3) is 0.294. The first-order chi connectivity index (χ1) is 11.4. The molecule has 0 saturated carbocycles. The van der Waals surface area contributed by atoms with Gasteiger partial charge in [-0.1, -0.05) is 29.8 Å². The van der Waals surface area contributed by atoms with Gasteiger partial charge in [-0.3, -0.25) is 9.59 Å². The van der Waals surface area contributed by atoms with Gasteiger partial charge in [0.1, 0.15) is 0 Å². The Morgan fingerprint density at radius 2 is 1.96 bits per heavy atom. The van der Waals surface area contributed by atoms with Crippen LogP contribution in [0.3, 0.4) is 0 Å². The number of amides is 1. The Morgan fingerprint density at radius 3 is 2.54 bits per heavy atom. The number of rotatable bonds is 6. The van der Waals surface area contributed by atoms with E-state index < -0.39 is 17.9 Å². The van der Waals surface area contributed by atoms with Crippen LogP contribution in [0.25, 0.3) is 0 Å². The molecule has 5 nitrogen and oxygen atoms in total. The van der Waals surface area contributed by atoms with Crippen LogP contribution in [0.5, 0.6) is 0 Å². The number of hydrogen-bond donors (Lipinski definition) is 1. The van der Waals surface area contributed by atoms with Crippen molar-refractivity contribution in [3.05, 3.63) is 57.4 Å². The minimum Gasteiger partial charge on any atom is -0.463 e. The molecule has 1 aromatic heterocycles. The molecule has 1 aromatic carbocycles. The molecule has 0 unspecified atom stereocenters. The molecular formula is C17H17BrClNO4. The minimum atomic E-state index is -0.624. The smallest absolute Gasteiger partial charge is 0.308 e. The highest BCUT2D eigenvalue weighted by Gasteiger charge is 2.23. The van der Waals surface area contributed by atoms with Crippen LogP contribution in [-0.2, 0) is 9.53 Å². The first kappa shape index (κ1) is 18.5. The molecule has 2 rings (SSSR count). The average Bonchev–Trinajstić information content (AvgIpc) is 2.93. The maximum Gasteiger partial charge on any atom is 0.308 e. The lowest BCUT2D eigenvalue weighted by molar-refractivity contribution is -0.147. The van der Waals surface area contributed by atoms with Gasteiger partial charge < -0.3 is 14.5 Å². The summed E-state index contributed by atoms with van der Waals surface area (Å²) in [6.07, 6.45) is -0.267. The Labute approximate surface area is 153 Å². The van der Waals surface area contributed by atoms with Gasteiger partial charge >= 0.3 is 5.97 Å². The Bertz CT molecular complexity index is 729. The molecule has 1 N–H and O–H groups in total. The topological polar surface area (TPSA) is 68.5 Å². The summed E-state index contributed by atoms with van der Waals surface area (Å²) in [5, 5.41) is 3.23. The molecule has 2 aromatic rings. The number of nitrogens with one attached hydrogen (secondary N) is 1. The Kier molecular flexibility index (Phi) is 6.45. The number of ether oxygens (including phenoxy) is 1. The highest BCUT2D eigenvalue weighted by Crippen LogP contribution is 2.26. The molecule has 128 valence electrons. The van der Waals surface area contributed by atoms with E-state index in [1.54, 1.807) is 44.2 Å². The first-order valence-corrected chi connectivity index (χ1v) is 8.54. The molecule has 0 fully saturated rings. The summed E-state index contributed by atoms with van der Waals surface area (Å²) in [5.74, 6) is -0.727. The van der Waals surface area contributed by atoms with Gasteiger partial charge in [0, 0.05) is 5.02 Å². The maximum atomic E-state index is 12.3. The van der Waals surface area contributed by atoms with Crippen LogP contribution < -0.4 is 5.32 Å². The number of benzene rings is 1. The summed E-state index contributed by atoms with van der Waals surface area (Å²) in [7, 11) is 0. The summed E-state index contributed by atoms with van der Waals surface area (Å²) >= 11 is 9.36. The minimum absolute atomic E-state index is 0.0322. The Morgan fingerprint density at radius 1 is 1.25 bits per heavy atom. The first-order valence-electron chi connectivity index (χ1n) is 7.37. The van der Waals surface area contributed by atoms with E-state index in [9.17, 15) is 9.59 Å². The van der Waals surface area contributed by atoms with Gasteiger partial charge in [0.15, 0.2) is 10.4 Å². The SMILES string of the molecule is CC(C)OC(=O)C[C@H](NC(=O)c1ccc(Br)o1)c1ccccc1Cl. The van der Waals surface area contributed by atoms with E-state index in [0.717, 1.165) is 0 Å². The number of carbonyl (C=O) groups excluding carboxylic acids is 2. The summed E-state index contributed by atoms with van der Waals surface area (Å²) in [5.41, 5.74) is 0.638. The number of esters is 1. The fourth-order valence-electron chi connectivity index (χ4n) is 2.14. The lowest BCUT2D eigenvalue weighted by Crippen LogP contribution is -2.31. The second-order valence-electron chi connectivity index (χ2n) is 5.39. The van der Waals surface area contributed by atoms with E-state index in [0.29, 0.717) is 15.3 Å². The molecule has 0 aliphatic rings. The normalized spacial score (nSPS) is 12.0. The molecule has 0 spiro atoms. The van der Waals surface area contributed by atoms with Gasteiger partial charge in [-0.2, -0.15) is 0 Å². The molecule has 1 heterocycles. The average molecular weight is 415 g/mol. The van der Waals surface area contributed by atoms with Gasteiger partial charge in [0.25, 0.3) is 5.91 Å². The molecule has 0 aliphatic carbocycles. The maximum absolute atomic E-state index is 12.3. The zero-order valence-electron chi connectivity index (χ0n) is 13.2. The van der Waals surface area contributed by atoms with Crippen molar-refractivity contribution in [3.63, 3.8) is 0 Å². The lowest BCUT2D eigenvalue weighted by Gasteiger charge is -2.20. The van der Waals surface area contributed by atoms with Crippen molar-refractivity contribution < 1.29 is 18.7 Å². The van der Waals surface area contributed by atoms with Gasteiger partial charge in [0.2, 0.25) is 0 Å². The summed E-state index contributed by atoms with van der Waals surface area (Å²) in [6, 6.07) is 9.56. The predicted octanol–water partition coefficient (Wildman–Crippen LogP) is 4.51. The monoisotopic (exact) mass is 413 g/mol. The van der Waals surface area contributed by atoms with Crippen molar-refractivity contribution in [3.8, 4) is 0 Å². The highest BCUT2D eigenvalue weighted by molar-refractivity contribution is 9.10. The van der Waals surface area contributed by atoms with Crippen LogP contribution >= 0.6 is 27.5 Å². The number of hydrogen-bond acceptors (Lipinski definition) is 4. The molecule has 0 saturated heterocycles.